The van der Waals surface area contributed by atoms with Crippen molar-refractivity contribution in [3.05, 3.63) is 60.8 Å². The smallest absolute Gasteiger partial charge is 0.411 e. The minimum absolute atomic E-state index is 0.169. The molecule has 8 nitrogen and oxygen atoms in total. The molecule has 0 unspecified atom stereocenters. The van der Waals surface area contributed by atoms with E-state index in [0.29, 0.717) is 48.1 Å². The maximum Gasteiger partial charge on any atom is 0.411 e. The van der Waals surface area contributed by atoms with Crippen molar-refractivity contribution < 1.29 is 14.3 Å². The van der Waals surface area contributed by atoms with Gasteiger partial charge in [-0.15, -0.1) is 11.6 Å². The van der Waals surface area contributed by atoms with Gasteiger partial charge in [-0.3, -0.25) is 10.1 Å². The van der Waals surface area contributed by atoms with Crippen LogP contribution in [0.25, 0.3) is 5.82 Å². The maximum absolute atomic E-state index is 13.2. The number of nitrogens with zero attached hydrogens (tertiary/aromatic N) is 3. The fraction of sp³-hybridized carbons (Fsp3) is 0.158. The molecule has 1 aromatic carbocycles. The van der Waals surface area contributed by atoms with Crippen LogP contribution < -0.4 is 10.6 Å². The Labute approximate surface area is 218 Å². The normalized spacial score (nSPS) is 10.7. The van der Waals surface area contributed by atoms with Gasteiger partial charge < -0.3 is 10.1 Å². The molecule has 3 rings (SSSR count). The van der Waals surface area contributed by atoms with E-state index in [1.54, 1.807) is 30.5 Å². The molecule has 0 aliphatic heterocycles. The first-order valence-corrected chi connectivity index (χ1v) is 12.3. The molecule has 0 bridgehead atoms. The van der Waals surface area contributed by atoms with Gasteiger partial charge in [0.05, 0.1) is 23.0 Å². The molecule has 0 aliphatic carbocycles. The molecule has 0 radical (unpaired) electrons. The van der Waals surface area contributed by atoms with Gasteiger partial charge in [-0.1, -0.05) is 27.5 Å². The van der Waals surface area contributed by atoms with Crippen molar-refractivity contribution in [2.75, 3.05) is 23.1 Å². The average Bonchev–Trinajstić information content (AvgIpc) is 3.12. The van der Waals surface area contributed by atoms with E-state index in [-0.39, 0.29) is 12.3 Å². The van der Waals surface area contributed by atoms with Crippen LogP contribution in [0, 0.1) is 0 Å². The second kappa shape index (κ2) is 11.5. The highest BCUT2D eigenvalue weighted by atomic mass is 79.9. The number of alkyl halides is 1. The van der Waals surface area contributed by atoms with Crippen molar-refractivity contribution in [1.29, 1.82) is 0 Å². The van der Waals surface area contributed by atoms with Crippen LogP contribution in [-0.2, 0) is 4.74 Å². The lowest BCUT2D eigenvalue weighted by Gasteiger charge is -2.15. The van der Waals surface area contributed by atoms with Gasteiger partial charge in [0.25, 0.3) is 5.91 Å². The van der Waals surface area contributed by atoms with E-state index in [0.717, 1.165) is 0 Å². The molecular formula is C19H14Br3Cl2N5O3. The van der Waals surface area contributed by atoms with Gasteiger partial charge in [0.15, 0.2) is 5.82 Å². The molecule has 2 heterocycles. The number of halogens is 5. The molecule has 2 aromatic heterocycles. The van der Waals surface area contributed by atoms with E-state index in [9.17, 15) is 9.59 Å². The maximum atomic E-state index is 13.2. The van der Waals surface area contributed by atoms with Crippen LogP contribution in [0.2, 0.25) is 5.02 Å². The molecule has 2 amide bonds. The first-order chi connectivity index (χ1) is 15.3. The lowest BCUT2D eigenvalue weighted by Crippen LogP contribution is -2.20. The van der Waals surface area contributed by atoms with Gasteiger partial charge in [0, 0.05) is 27.1 Å². The number of aromatic nitrogens is 3. The van der Waals surface area contributed by atoms with Crippen molar-refractivity contribution in [3.8, 4) is 5.82 Å². The van der Waals surface area contributed by atoms with Gasteiger partial charge in [-0.2, -0.15) is 5.10 Å². The number of amides is 2. The molecular weight excluding hydrogens is 657 g/mol. The number of carbonyl (C=O) groups excluding carboxylic acids is 2. The number of benzene rings is 1. The highest BCUT2D eigenvalue weighted by Crippen LogP contribution is 2.35. The number of hydrogen-bond donors (Lipinski definition) is 2. The van der Waals surface area contributed by atoms with Crippen LogP contribution in [0.1, 0.15) is 16.9 Å². The Morgan fingerprint density at radius 1 is 1.16 bits per heavy atom. The molecule has 0 fully saturated rings. The first-order valence-electron chi connectivity index (χ1n) is 8.96. The fourth-order valence-electron chi connectivity index (χ4n) is 2.55. The quantitative estimate of drug-likeness (QED) is 0.217. The minimum atomic E-state index is -0.677. The van der Waals surface area contributed by atoms with E-state index in [4.69, 9.17) is 27.9 Å². The van der Waals surface area contributed by atoms with Crippen LogP contribution in [0.3, 0.4) is 0 Å². The zero-order valence-electron chi connectivity index (χ0n) is 16.0. The third kappa shape index (κ3) is 6.22. The van der Waals surface area contributed by atoms with Crippen LogP contribution in [-0.4, -0.2) is 39.3 Å². The first kappa shape index (κ1) is 25.0. The average molecular weight is 671 g/mol. The highest BCUT2D eigenvalue weighted by molar-refractivity contribution is 9.11. The standard InChI is InChI=1S/C19H14Br3Cl2N5O3/c20-10-7-11(21)16(13(8-10)26-19(31)32-6-2-4-23)27-18(30)14-9-15(22)28-29(14)17-12(24)3-1-5-25-17/h1,3,5,7-9H,2,4,6H2,(H,26,31)(H,27,30). The van der Waals surface area contributed by atoms with Crippen LogP contribution in [0.15, 0.2) is 50.1 Å². The predicted molar refractivity (Wildman–Crippen MR) is 134 cm³/mol. The number of ether oxygens (including phenoxy) is 1. The fourth-order valence-corrected chi connectivity index (χ4v) is 4.56. The summed E-state index contributed by atoms with van der Waals surface area (Å²) < 4.78 is 8.02. The van der Waals surface area contributed by atoms with E-state index >= 15 is 0 Å². The van der Waals surface area contributed by atoms with Gasteiger partial charge in [0.1, 0.15) is 10.3 Å². The molecule has 0 spiro atoms. The van der Waals surface area contributed by atoms with E-state index < -0.39 is 12.0 Å². The molecule has 0 aliphatic rings. The van der Waals surface area contributed by atoms with E-state index in [1.165, 1.54) is 10.7 Å². The summed E-state index contributed by atoms with van der Waals surface area (Å²) in [5.74, 6) is 0.160. The number of nitrogens with one attached hydrogen (secondary N) is 2. The summed E-state index contributed by atoms with van der Waals surface area (Å²) >= 11 is 21.9. The zero-order valence-corrected chi connectivity index (χ0v) is 22.3. The second-order valence-corrected chi connectivity index (χ2v) is 9.51. The third-order valence-electron chi connectivity index (χ3n) is 3.89. The third-order valence-corrected chi connectivity index (χ3v) is 5.93. The van der Waals surface area contributed by atoms with Crippen LogP contribution in [0.5, 0.6) is 0 Å². The summed E-state index contributed by atoms with van der Waals surface area (Å²) in [6.45, 7) is 0.171. The second-order valence-electron chi connectivity index (χ2n) is 6.14. The molecule has 0 atom stereocenters. The van der Waals surface area contributed by atoms with Gasteiger partial charge in [0.2, 0.25) is 0 Å². The van der Waals surface area contributed by atoms with Crippen molar-refractivity contribution >= 4 is 94.4 Å². The Morgan fingerprint density at radius 3 is 2.66 bits per heavy atom. The Balaban J connectivity index is 1.91. The van der Waals surface area contributed by atoms with E-state index in [1.807, 2.05) is 0 Å². The zero-order chi connectivity index (χ0) is 23.3. The van der Waals surface area contributed by atoms with E-state index in [2.05, 4.69) is 68.5 Å². The summed E-state index contributed by atoms with van der Waals surface area (Å²) in [4.78, 5) is 29.5. The topological polar surface area (TPSA) is 98.1 Å². The lowest BCUT2D eigenvalue weighted by atomic mass is 10.2. The number of carbonyl (C=O) groups is 2. The van der Waals surface area contributed by atoms with Crippen LogP contribution >= 0.6 is 71.0 Å². The minimum Gasteiger partial charge on any atom is -0.449 e. The van der Waals surface area contributed by atoms with Crippen LogP contribution in [0.4, 0.5) is 16.2 Å². The molecule has 168 valence electrons. The number of rotatable bonds is 7. The molecule has 32 heavy (non-hydrogen) atoms. The Hall–Kier alpha value is -1.66. The SMILES string of the molecule is O=C(Nc1cc(Br)cc(Br)c1NC(=O)c1cc(Br)nn1-c1ncccc1Cl)OCCCCl. The van der Waals surface area contributed by atoms with Gasteiger partial charge in [-0.25, -0.2) is 14.5 Å². The Kier molecular flexibility index (Phi) is 8.95. The molecule has 13 heteroatoms. The summed E-state index contributed by atoms with van der Waals surface area (Å²) in [5.41, 5.74) is 0.808. The van der Waals surface area contributed by atoms with Gasteiger partial charge in [-0.05, 0) is 62.5 Å². The van der Waals surface area contributed by atoms with Gasteiger partial charge >= 0.3 is 6.09 Å². The Bertz CT molecular complexity index is 1160. The number of pyridine rings is 1. The monoisotopic (exact) mass is 667 g/mol. The molecule has 0 saturated heterocycles. The summed E-state index contributed by atoms with van der Waals surface area (Å²) in [7, 11) is 0. The lowest BCUT2D eigenvalue weighted by molar-refractivity contribution is 0.101. The van der Waals surface area contributed by atoms with Crippen molar-refractivity contribution in [3.63, 3.8) is 0 Å². The summed E-state index contributed by atoms with van der Waals surface area (Å²) in [6.07, 6.45) is 1.39. The summed E-state index contributed by atoms with van der Waals surface area (Å²) in [5, 5.41) is 9.99. The predicted octanol–water partition coefficient (Wildman–Crippen LogP) is 6.64. The number of anilines is 2. The Morgan fingerprint density at radius 2 is 1.94 bits per heavy atom. The highest BCUT2D eigenvalue weighted by Gasteiger charge is 2.21. The van der Waals surface area contributed by atoms with Crippen molar-refractivity contribution in [2.45, 2.75) is 6.42 Å². The number of hydrogen-bond acceptors (Lipinski definition) is 5. The molecule has 2 N–H and O–H groups in total. The molecule has 0 saturated carbocycles. The summed E-state index contributed by atoms with van der Waals surface area (Å²) in [6, 6.07) is 8.20. The van der Waals surface area contributed by atoms with Crippen molar-refractivity contribution in [1.82, 2.24) is 14.8 Å². The van der Waals surface area contributed by atoms with Crippen molar-refractivity contribution in [2.24, 2.45) is 0 Å². The molecule has 3 aromatic rings. The largest absolute Gasteiger partial charge is 0.449 e.